The summed E-state index contributed by atoms with van der Waals surface area (Å²) >= 11 is 0. The third-order valence-corrected chi connectivity index (χ3v) is 2.06. The van der Waals surface area contributed by atoms with E-state index in [1.165, 1.54) is 0 Å². The Balaban J connectivity index is 2.31. The molecule has 15 heavy (non-hydrogen) atoms. The molecular weight excluding hydrogens is 192 g/mol. The van der Waals surface area contributed by atoms with Crippen LogP contribution in [0.25, 0.3) is 0 Å². The monoisotopic (exact) mass is 208 g/mol. The molecule has 0 aliphatic rings. The molecule has 2 N–H and O–H groups in total. The molecule has 0 aromatic carbocycles. The molecule has 1 aromatic rings. The van der Waals surface area contributed by atoms with Crippen molar-refractivity contribution in [3.05, 3.63) is 18.3 Å². The highest BCUT2D eigenvalue weighted by atomic mass is 16.2. The fourth-order valence-electron chi connectivity index (χ4n) is 0.967. The number of amides is 1. The van der Waals surface area contributed by atoms with Gasteiger partial charge < -0.3 is 10.6 Å². The summed E-state index contributed by atoms with van der Waals surface area (Å²) in [6.07, 6.45) is 2.56. The Kier molecular flexibility index (Phi) is 4.70. The first-order valence-corrected chi connectivity index (χ1v) is 5.03. The summed E-state index contributed by atoms with van der Waals surface area (Å²) in [4.78, 5) is 11.4. The van der Waals surface area contributed by atoms with E-state index in [9.17, 15) is 4.79 Å². The van der Waals surface area contributed by atoms with Crippen LogP contribution in [0.15, 0.2) is 18.3 Å². The van der Waals surface area contributed by atoms with Crippen molar-refractivity contribution in [2.45, 2.75) is 26.3 Å². The second-order valence-corrected chi connectivity index (χ2v) is 3.35. The first-order chi connectivity index (χ1) is 7.22. The van der Waals surface area contributed by atoms with Crippen molar-refractivity contribution >= 4 is 11.7 Å². The Labute approximate surface area is 89.3 Å². The van der Waals surface area contributed by atoms with E-state index >= 15 is 0 Å². The highest BCUT2D eigenvalue weighted by Gasteiger charge is 2.04. The smallest absolute Gasteiger partial charge is 0.239 e. The number of hydrogen-bond acceptors (Lipinski definition) is 4. The van der Waals surface area contributed by atoms with E-state index in [0.717, 1.165) is 6.42 Å². The Hall–Kier alpha value is -1.49. The predicted molar refractivity (Wildman–Crippen MR) is 58.4 cm³/mol. The molecular formula is C10H16N4O. The van der Waals surface area contributed by atoms with Crippen molar-refractivity contribution < 1.29 is 4.79 Å². The third-order valence-electron chi connectivity index (χ3n) is 2.06. The van der Waals surface area contributed by atoms with Crippen molar-refractivity contribution in [2.75, 3.05) is 11.9 Å². The molecule has 0 radical (unpaired) electrons. The lowest BCUT2D eigenvalue weighted by Gasteiger charge is -2.10. The van der Waals surface area contributed by atoms with Gasteiger partial charge in [-0.3, -0.25) is 4.79 Å². The SMILES string of the molecule is CCC(C)NCC(=O)Nc1cccnn1. The zero-order valence-electron chi connectivity index (χ0n) is 9.03. The van der Waals surface area contributed by atoms with Crippen LogP contribution in [0.1, 0.15) is 20.3 Å². The van der Waals surface area contributed by atoms with Crippen LogP contribution in [-0.2, 0) is 4.79 Å². The standard InChI is InChI=1S/C10H16N4O/c1-3-8(2)11-7-10(15)13-9-5-4-6-12-14-9/h4-6,8,11H,3,7H2,1-2H3,(H,13,14,15). The molecule has 5 heteroatoms. The van der Waals surface area contributed by atoms with Gasteiger partial charge in [0.2, 0.25) is 5.91 Å². The van der Waals surface area contributed by atoms with Gasteiger partial charge in [-0.25, -0.2) is 0 Å². The van der Waals surface area contributed by atoms with Gasteiger partial charge in [-0.1, -0.05) is 6.92 Å². The molecule has 0 saturated carbocycles. The van der Waals surface area contributed by atoms with Crippen LogP contribution in [0.2, 0.25) is 0 Å². The van der Waals surface area contributed by atoms with Gasteiger partial charge in [0, 0.05) is 12.2 Å². The van der Waals surface area contributed by atoms with Crippen LogP contribution in [-0.4, -0.2) is 28.7 Å². The summed E-state index contributed by atoms with van der Waals surface area (Å²) in [6, 6.07) is 3.77. The fraction of sp³-hybridized carbons (Fsp3) is 0.500. The first-order valence-electron chi connectivity index (χ1n) is 5.03. The minimum atomic E-state index is -0.101. The zero-order valence-corrected chi connectivity index (χ0v) is 9.03. The van der Waals surface area contributed by atoms with E-state index in [1.807, 2.05) is 6.92 Å². The van der Waals surface area contributed by atoms with Crippen LogP contribution in [0.5, 0.6) is 0 Å². The van der Waals surface area contributed by atoms with Gasteiger partial charge in [0.05, 0.1) is 6.54 Å². The number of nitrogens with zero attached hydrogens (tertiary/aromatic N) is 2. The summed E-state index contributed by atoms with van der Waals surface area (Å²) in [5.41, 5.74) is 0. The average Bonchev–Trinajstić information content (AvgIpc) is 2.27. The summed E-state index contributed by atoms with van der Waals surface area (Å²) in [5.74, 6) is 0.379. The van der Waals surface area contributed by atoms with Gasteiger partial charge in [-0.2, -0.15) is 5.10 Å². The highest BCUT2D eigenvalue weighted by Crippen LogP contribution is 1.96. The second-order valence-electron chi connectivity index (χ2n) is 3.35. The topological polar surface area (TPSA) is 66.9 Å². The van der Waals surface area contributed by atoms with Crippen LogP contribution in [0, 0.1) is 0 Å². The van der Waals surface area contributed by atoms with Crippen molar-refractivity contribution in [2.24, 2.45) is 0 Å². The Morgan fingerprint density at radius 3 is 3.00 bits per heavy atom. The molecule has 0 saturated heterocycles. The van der Waals surface area contributed by atoms with E-state index < -0.39 is 0 Å². The summed E-state index contributed by atoms with van der Waals surface area (Å²) < 4.78 is 0. The van der Waals surface area contributed by atoms with Crippen LogP contribution in [0.4, 0.5) is 5.82 Å². The number of carbonyl (C=O) groups is 1. The number of nitrogens with one attached hydrogen (secondary N) is 2. The summed E-state index contributed by atoms with van der Waals surface area (Å²) in [7, 11) is 0. The van der Waals surface area contributed by atoms with E-state index in [4.69, 9.17) is 0 Å². The Morgan fingerprint density at radius 2 is 2.40 bits per heavy atom. The summed E-state index contributed by atoms with van der Waals surface area (Å²) in [5, 5.41) is 13.2. The molecule has 1 unspecified atom stereocenters. The van der Waals surface area contributed by atoms with E-state index in [2.05, 4.69) is 27.8 Å². The lowest BCUT2D eigenvalue weighted by Crippen LogP contribution is -2.34. The van der Waals surface area contributed by atoms with Crippen LogP contribution < -0.4 is 10.6 Å². The molecule has 1 atom stereocenters. The van der Waals surface area contributed by atoms with Crippen molar-refractivity contribution in [3.63, 3.8) is 0 Å². The number of anilines is 1. The van der Waals surface area contributed by atoms with Crippen molar-refractivity contribution in [1.82, 2.24) is 15.5 Å². The van der Waals surface area contributed by atoms with E-state index in [1.54, 1.807) is 18.3 Å². The molecule has 0 bridgehead atoms. The maximum Gasteiger partial charge on any atom is 0.239 e. The molecule has 1 amide bonds. The van der Waals surface area contributed by atoms with Gasteiger partial charge in [0.1, 0.15) is 0 Å². The van der Waals surface area contributed by atoms with Gasteiger partial charge in [-0.05, 0) is 25.5 Å². The van der Waals surface area contributed by atoms with Crippen LogP contribution >= 0.6 is 0 Å². The highest BCUT2D eigenvalue weighted by molar-refractivity contribution is 5.91. The van der Waals surface area contributed by atoms with Gasteiger partial charge in [0.25, 0.3) is 0 Å². The molecule has 0 spiro atoms. The van der Waals surface area contributed by atoms with Gasteiger partial charge in [0.15, 0.2) is 5.82 Å². The van der Waals surface area contributed by atoms with Gasteiger partial charge >= 0.3 is 0 Å². The average molecular weight is 208 g/mol. The molecule has 82 valence electrons. The maximum absolute atomic E-state index is 11.4. The van der Waals surface area contributed by atoms with Crippen molar-refractivity contribution in [3.8, 4) is 0 Å². The lowest BCUT2D eigenvalue weighted by molar-refractivity contribution is -0.115. The third kappa shape index (κ3) is 4.51. The quantitative estimate of drug-likeness (QED) is 0.751. The molecule has 5 nitrogen and oxygen atoms in total. The minimum Gasteiger partial charge on any atom is -0.308 e. The maximum atomic E-state index is 11.4. The largest absolute Gasteiger partial charge is 0.308 e. The van der Waals surface area contributed by atoms with E-state index in [0.29, 0.717) is 18.4 Å². The molecule has 0 aliphatic heterocycles. The molecule has 1 rings (SSSR count). The van der Waals surface area contributed by atoms with Gasteiger partial charge in [-0.15, -0.1) is 5.10 Å². The number of rotatable bonds is 5. The normalized spacial score (nSPS) is 12.1. The molecule has 0 fully saturated rings. The van der Waals surface area contributed by atoms with Crippen molar-refractivity contribution in [1.29, 1.82) is 0 Å². The lowest BCUT2D eigenvalue weighted by atomic mass is 10.2. The summed E-state index contributed by atoms with van der Waals surface area (Å²) in [6.45, 7) is 4.40. The first kappa shape index (κ1) is 11.6. The molecule has 1 aromatic heterocycles. The van der Waals surface area contributed by atoms with Crippen LogP contribution in [0.3, 0.4) is 0 Å². The minimum absolute atomic E-state index is 0.101. The molecule has 0 aliphatic carbocycles. The van der Waals surface area contributed by atoms with E-state index in [-0.39, 0.29) is 5.91 Å². The second kappa shape index (κ2) is 6.08. The fourth-order valence-corrected chi connectivity index (χ4v) is 0.967. The number of carbonyl (C=O) groups excluding carboxylic acids is 1. The Morgan fingerprint density at radius 1 is 1.60 bits per heavy atom. The zero-order chi connectivity index (χ0) is 11.1. The Bertz CT molecular complexity index is 302. The molecule has 1 heterocycles. The number of aromatic nitrogens is 2. The predicted octanol–water partition coefficient (Wildman–Crippen LogP) is 0.803. The number of hydrogen-bond donors (Lipinski definition) is 2.